The van der Waals surface area contributed by atoms with E-state index < -0.39 is 8.07 Å². The van der Waals surface area contributed by atoms with Crippen LogP contribution in [0.5, 0.6) is 0 Å². The smallest absolute Gasteiger partial charge is 0.112 e. The lowest BCUT2D eigenvalue weighted by molar-refractivity contribution is 0.869. The van der Waals surface area contributed by atoms with Gasteiger partial charge in [0.25, 0.3) is 0 Å². The third-order valence-corrected chi connectivity index (χ3v) is 12.0. The molecule has 0 unspecified atom stereocenters. The van der Waals surface area contributed by atoms with Crippen molar-refractivity contribution in [2.24, 2.45) is 0 Å². The Morgan fingerprint density at radius 3 is 2.15 bits per heavy atom. The third-order valence-electron chi connectivity index (χ3n) is 8.49. The van der Waals surface area contributed by atoms with E-state index in [0.717, 1.165) is 13.2 Å². The highest BCUT2D eigenvalue weighted by Gasteiger charge is 2.29. The van der Waals surface area contributed by atoms with E-state index >= 15 is 0 Å². The topological polar surface area (TPSA) is 11.4 Å². The van der Waals surface area contributed by atoms with Crippen molar-refractivity contribution in [3.05, 3.63) is 127 Å². The number of para-hydroxylation sites is 3. The van der Waals surface area contributed by atoms with E-state index in [4.69, 9.17) is 0 Å². The van der Waals surface area contributed by atoms with Crippen LogP contribution in [0.1, 0.15) is 5.56 Å². The SMILES string of the molecule is CN1CN(c2cccc([Si](C)(C)c3ccc4c(c3)c3ccccc3n4Cc3ccccc3)c2)c2ccccc21. The van der Waals surface area contributed by atoms with Gasteiger partial charge >= 0.3 is 0 Å². The predicted octanol–water partition coefficient (Wildman–Crippen LogP) is 7.21. The first-order valence-electron chi connectivity index (χ1n) is 13.7. The summed E-state index contributed by atoms with van der Waals surface area (Å²) in [6, 6.07) is 44.8. The molecule has 2 heterocycles. The summed E-state index contributed by atoms with van der Waals surface area (Å²) in [6.45, 7) is 6.72. The Bertz CT molecular complexity index is 1820. The molecule has 3 nitrogen and oxygen atoms in total. The molecule has 0 N–H and O–H groups in total. The normalized spacial score (nSPS) is 13.4. The number of hydrogen-bond acceptors (Lipinski definition) is 2. The van der Waals surface area contributed by atoms with Gasteiger partial charge in [-0.05, 0) is 42.0 Å². The first-order chi connectivity index (χ1) is 19.0. The molecular weight excluding hydrogens is 490 g/mol. The van der Waals surface area contributed by atoms with Crippen molar-refractivity contribution in [1.82, 2.24) is 4.57 Å². The van der Waals surface area contributed by atoms with Crippen molar-refractivity contribution in [2.45, 2.75) is 19.6 Å². The summed E-state index contributed by atoms with van der Waals surface area (Å²) < 4.78 is 2.47. The van der Waals surface area contributed by atoms with Gasteiger partial charge in [0.1, 0.15) is 8.07 Å². The third kappa shape index (κ3) is 3.95. The molecule has 192 valence electrons. The van der Waals surface area contributed by atoms with Gasteiger partial charge < -0.3 is 14.4 Å². The van der Waals surface area contributed by atoms with Gasteiger partial charge in [0, 0.05) is 41.1 Å². The zero-order chi connectivity index (χ0) is 26.6. The van der Waals surface area contributed by atoms with Gasteiger partial charge in [-0.3, -0.25) is 0 Å². The second-order valence-corrected chi connectivity index (χ2v) is 15.7. The summed E-state index contributed by atoms with van der Waals surface area (Å²) in [7, 11) is 0.206. The summed E-state index contributed by atoms with van der Waals surface area (Å²) >= 11 is 0. The molecule has 6 aromatic rings. The fourth-order valence-corrected chi connectivity index (χ4v) is 8.57. The molecule has 0 fully saturated rings. The average Bonchev–Trinajstić information content (AvgIpc) is 3.48. The van der Waals surface area contributed by atoms with Gasteiger partial charge in [-0.2, -0.15) is 0 Å². The zero-order valence-electron chi connectivity index (χ0n) is 22.8. The zero-order valence-corrected chi connectivity index (χ0v) is 23.8. The average molecular weight is 524 g/mol. The molecule has 0 amide bonds. The standard InChI is InChI=1S/C35H33N3Si/c1-36-25-38(35-19-10-9-18-34(35)36)27-14-11-15-28(22-27)39(2,3)29-20-21-33-31(23-29)30-16-7-8-17-32(30)37(33)24-26-12-5-4-6-13-26/h4-23H,24-25H2,1-3H3. The molecule has 0 atom stereocenters. The van der Waals surface area contributed by atoms with Crippen LogP contribution >= 0.6 is 0 Å². The Kier molecular flexibility index (Phi) is 5.60. The molecule has 0 aliphatic carbocycles. The Labute approximate surface area is 231 Å². The van der Waals surface area contributed by atoms with Crippen LogP contribution in [0.3, 0.4) is 0 Å². The number of aromatic nitrogens is 1. The summed E-state index contributed by atoms with van der Waals surface area (Å²) in [5.74, 6) is 0. The quantitative estimate of drug-likeness (QED) is 0.221. The summed E-state index contributed by atoms with van der Waals surface area (Å²) in [5, 5.41) is 5.61. The van der Waals surface area contributed by atoms with Crippen LogP contribution in [0.25, 0.3) is 21.8 Å². The van der Waals surface area contributed by atoms with E-state index in [-0.39, 0.29) is 0 Å². The maximum Gasteiger partial charge on any atom is 0.112 e. The van der Waals surface area contributed by atoms with Crippen molar-refractivity contribution in [1.29, 1.82) is 0 Å². The van der Waals surface area contributed by atoms with Crippen LogP contribution in [0.15, 0.2) is 121 Å². The van der Waals surface area contributed by atoms with Crippen LogP contribution in [-0.4, -0.2) is 26.4 Å². The van der Waals surface area contributed by atoms with Gasteiger partial charge in [0.05, 0.1) is 18.0 Å². The molecule has 0 saturated heterocycles. The molecule has 7 rings (SSSR count). The van der Waals surface area contributed by atoms with E-state index in [9.17, 15) is 0 Å². The van der Waals surface area contributed by atoms with Gasteiger partial charge in [-0.15, -0.1) is 0 Å². The van der Waals surface area contributed by atoms with Crippen LogP contribution in [0.4, 0.5) is 17.1 Å². The fraction of sp³-hybridized carbons (Fsp3) is 0.143. The van der Waals surface area contributed by atoms with Crippen molar-refractivity contribution in [2.75, 3.05) is 23.5 Å². The highest BCUT2D eigenvalue weighted by molar-refractivity contribution is 7.00. The van der Waals surface area contributed by atoms with Crippen molar-refractivity contribution >= 4 is 57.3 Å². The molecule has 1 aromatic heterocycles. The van der Waals surface area contributed by atoms with E-state index in [1.807, 2.05) is 0 Å². The van der Waals surface area contributed by atoms with Crippen LogP contribution in [0, 0.1) is 0 Å². The number of hydrogen-bond donors (Lipinski definition) is 0. The second-order valence-electron chi connectivity index (χ2n) is 11.3. The maximum absolute atomic E-state index is 2.49. The number of fused-ring (bicyclic) bond motifs is 4. The van der Waals surface area contributed by atoms with Crippen molar-refractivity contribution in [3.63, 3.8) is 0 Å². The molecule has 39 heavy (non-hydrogen) atoms. The monoisotopic (exact) mass is 523 g/mol. The Morgan fingerprint density at radius 1 is 0.615 bits per heavy atom. The molecular formula is C35H33N3Si. The number of benzene rings is 5. The minimum atomic E-state index is -1.97. The van der Waals surface area contributed by atoms with E-state index in [0.29, 0.717) is 0 Å². The first-order valence-corrected chi connectivity index (χ1v) is 16.7. The Hall–Kier alpha value is -4.28. The predicted molar refractivity (Wildman–Crippen MR) is 170 cm³/mol. The Morgan fingerprint density at radius 2 is 1.31 bits per heavy atom. The van der Waals surface area contributed by atoms with E-state index in [1.165, 1.54) is 54.8 Å². The van der Waals surface area contributed by atoms with Gasteiger partial charge in [-0.1, -0.05) is 108 Å². The van der Waals surface area contributed by atoms with Gasteiger partial charge in [-0.25, -0.2) is 0 Å². The lowest BCUT2D eigenvalue weighted by atomic mass is 10.1. The highest BCUT2D eigenvalue weighted by Crippen LogP contribution is 2.39. The molecule has 4 heteroatoms. The summed E-state index contributed by atoms with van der Waals surface area (Å²) in [4.78, 5) is 4.76. The molecule has 0 bridgehead atoms. The molecule has 1 aliphatic rings. The summed E-state index contributed by atoms with van der Waals surface area (Å²) in [5.41, 5.74) is 7.77. The van der Waals surface area contributed by atoms with Crippen LogP contribution in [0.2, 0.25) is 13.1 Å². The fourth-order valence-electron chi connectivity index (χ4n) is 6.21. The number of nitrogens with zero attached hydrogens (tertiary/aromatic N) is 3. The molecule has 0 radical (unpaired) electrons. The van der Waals surface area contributed by atoms with Crippen LogP contribution < -0.4 is 20.2 Å². The summed E-state index contributed by atoms with van der Waals surface area (Å²) in [6.07, 6.45) is 0. The maximum atomic E-state index is 2.49. The van der Waals surface area contributed by atoms with E-state index in [2.05, 4.69) is 156 Å². The number of anilines is 3. The molecule has 1 aliphatic heterocycles. The molecule has 0 spiro atoms. The largest absolute Gasteiger partial charge is 0.355 e. The minimum absolute atomic E-state index is 0.873. The molecule has 5 aromatic carbocycles. The minimum Gasteiger partial charge on any atom is -0.355 e. The lowest BCUT2D eigenvalue weighted by Crippen LogP contribution is -2.52. The van der Waals surface area contributed by atoms with E-state index in [1.54, 1.807) is 0 Å². The first kappa shape index (κ1) is 23.8. The molecule has 0 saturated carbocycles. The Balaban J connectivity index is 1.30. The second kappa shape index (κ2) is 9.18. The van der Waals surface area contributed by atoms with Gasteiger partial charge in [0.2, 0.25) is 0 Å². The highest BCUT2D eigenvalue weighted by atomic mass is 28.3. The lowest BCUT2D eigenvalue weighted by Gasteiger charge is -2.27. The van der Waals surface area contributed by atoms with Crippen LogP contribution in [-0.2, 0) is 6.54 Å². The number of rotatable bonds is 5. The van der Waals surface area contributed by atoms with Crippen molar-refractivity contribution < 1.29 is 0 Å². The van der Waals surface area contributed by atoms with Crippen molar-refractivity contribution in [3.8, 4) is 0 Å². The van der Waals surface area contributed by atoms with Gasteiger partial charge in [0.15, 0.2) is 0 Å².